The lowest BCUT2D eigenvalue weighted by atomic mass is 10.2. The Morgan fingerprint density at radius 3 is 2.95 bits per heavy atom. The lowest BCUT2D eigenvalue weighted by molar-refractivity contribution is -0.150. The van der Waals surface area contributed by atoms with Crippen molar-refractivity contribution in [2.75, 3.05) is 13.1 Å². The Morgan fingerprint density at radius 1 is 1.29 bits per heavy atom. The van der Waals surface area contributed by atoms with Crippen molar-refractivity contribution in [3.63, 3.8) is 0 Å². The van der Waals surface area contributed by atoms with Gasteiger partial charge in [0.1, 0.15) is 12.7 Å². The summed E-state index contributed by atoms with van der Waals surface area (Å²) in [5.41, 5.74) is 1.25. The van der Waals surface area contributed by atoms with Gasteiger partial charge in [-0.15, -0.1) is 0 Å². The van der Waals surface area contributed by atoms with Gasteiger partial charge in [0.05, 0.1) is 6.20 Å². The molecule has 3 aliphatic rings. The molecule has 0 radical (unpaired) electrons. The zero-order valence-electron chi connectivity index (χ0n) is 12.1. The minimum atomic E-state index is -0.0165. The molecule has 1 atom stereocenters. The number of carbonyl (C=O) groups is 2. The molecule has 2 amide bonds. The molecule has 6 heteroatoms. The molecule has 1 unspecified atom stereocenters. The molecule has 112 valence electrons. The highest BCUT2D eigenvalue weighted by molar-refractivity contribution is 5.82. The first-order chi connectivity index (χ1) is 10.2. The largest absolute Gasteiger partial charge is 0.322 e. The molecule has 6 nitrogen and oxygen atoms in total. The van der Waals surface area contributed by atoms with Crippen LogP contribution < -0.4 is 0 Å². The summed E-state index contributed by atoms with van der Waals surface area (Å²) in [6, 6.07) is 0. The van der Waals surface area contributed by atoms with Crippen LogP contribution in [0.25, 0.3) is 0 Å². The predicted molar refractivity (Wildman–Crippen MR) is 75.3 cm³/mol. The Kier molecular flexibility index (Phi) is 2.97. The summed E-state index contributed by atoms with van der Waals surface area (Å²) in [4.78, 5) is 28.1. The van der Waals surface area contributed by atoms with Gasteiger partial charge in [-0.1, -0.05) is 0 Å². The molecule has 2 aliphatic heterocycles. The molecule has 3 fully saturated rings. The quantitative estimate of drug-likeness (QED) is 0.832. The van der Waals surface area contributed by atoms with E-state index in [9.17, 15) is 9.59 Å². The van der Waals surface area contributed by atoms with Gasteiger partial charge < -0.3 is 9.80 Å². The van der Waals surface area contributed by atoms with Gasteiger partial charge in [-0.3, -0.25) is 14.3 Å². The molecular formula is C15H20N4O2. The molecule has 1 saturated carbocycles. The Balaban J connectivity index is 1.45. The summed E-state index contributed by atoms with van der Waals surface area (Å²) in [6.45, 7) is 1.63. The third-order valence-corrected chi connectivity index (χ3v) is 4.79. The van der Waals surface area contributed by atoms with Crippen molar-refractivity contribution in [2.45, 2.75) is 50.7 Å². The van der Waals surface area contributed by atoms with E-state index in [-0.39, 0.29) is 24.5 Å². The first-order valence-electron chi connectivity index (χ1n) is 7.83. The highest BCUT2D eigenvalue weighted by Crippen LogP contribution is 2.39. The van der Waals surface area contributed by atoms with E-state index in [0.717, 1.165) is 19.4 Å². The lowest BCUT2D eigenvalue weighted by Crippen LogP contribution is -2.55. The molecule has 1 aromatic rings. The molecular weight excluding hydrogens is 268 g/mol. The van der Waals surface area contributed by atoms with Gasteiger partial charge in [-0.05, 0) is 37.2 Å². The number of aromatic nitrogens is 2. The Bertz CT molecular complexity index is 578. The lowest BCUT2D eigenvalue weighted by Gasteiger charge is -2.39. The van der Waals surface area contributed by atoms with Crippen LogP contribution in [0.4, 0.5) is 0 Å². The van der Waals surface area contributed by atoms with Crippen LogP contribution in [0.15, 0.2) is 12.4 Å². The summed E-state index contributed by atoms with van der Waals surface area (Å²) in [5, 5.41) is 4.30. The third-order valence-electron chi connectivity index (χ3n) is 4.79. The standard InChI is InChI=1S/C15H20N4O2/c20-14-5-7-19(13-2-1-6-18(13)14)15(21)10-17-9-12(8-16-17)11-3-4-11/h8-9,11,13H,1-7,10H2. The maximum absolute atomic E-state index is 12.5. The van der Waals surface area contributed by atoms with E-state index < -0.39 is 0 Å². The van der Waals surface area contributed by atoms with Gasteiger partial charge in [-0.2, -0.15) is 5.10 Å². The second-order valence-electron chi connectivity index (χ2n) is 6.29. The zero-order valence-corrected chi connectivity index (χ0v) is 12.1. The van der Waals surface area contributed by atoms with Crippen LogP contribution in [0.3, 0.4) is 0 Å². The molecule has 0 spiro atoms. The van der Waals surface area contributed by atoms with Gasteiger partial charge in [0, 0.05) is 25.7 Å². The van der Waals surface area contributed by atoms with Crippen LogP contribution in [0.2, 0.25) is 0 Å². The first kappa shape index (κ1) is 12.9. The molecule has 3 heterocycles. The summed E-state index contributed by atoms with van der Waals surface area (Å²) in [6.07, 6.45) is 8.70. The fourth-order valence-corrected chi connectivity index (χ4v) is 3.49. The summed E-state index contributed by atoms with van der Waals surface area (Å²) >= 11 is 0. The van der Waals surface area contributed by atoms with Crippen LogP contribution in [-0.4, -0.2) is 50.6 Å². The third kappa shape index (κ3) is 2.32. The Morgan fingerprint density at radius 2 is 2.14 bits per heavy atom. The average Bonchev–Trinajstić information content (AvgIpc) is 3.01. The molecule has 21 heavy (non-hydrogen) atoms. The Hall–Kier alpha value is -1.85. The summed E-state index contributed by atoms with van der Waals surface area (Å²) in [5.74, 6) is 0.924. The van der Waals surface area contributed by atoms with Crippen LogP contribution in [0, 0.1) is 0 Å². The van der Waals surface area contributed by atoms with E-state index in [4.69, 9.17) is 0 Å². The van der Waals surface area contributed by atoms with E-state index in [1.165, 1.54) is 18.4 Å². The smallest absolute Gasteiger partial charge is 0.245 e. The van der Waals surface area contributed by atoms with E-state index >= 15 is 0 Å². The fourth-order valence-electron chi connectivity index (χ4n) is 3.49. The number of fused-ring (bicyclic) bond motifs is 1. The van der Waals surface area contributed by atoms with Gasteiger partial charge in [0.2, 0.25) is 11.8 Å². The van der Waals surface area contributed by atoms with Crippen molar-refractivity contribution in [1.82, 2.24) is 19.6 Å². The Labute approximate surface area is 123 Å². The number of hydrogen-bond acceptors (Lipinski definition) is 3. The maximum Gasteiger partial charge on any atom is 0.245 e. The fraction of sp³-hybridized carbons (Fsp3) is 0.667. The zero-order chi connectivity index (χ0) is 14.4. The van der Waals surface area contributed by atoms with Crippen LogP contribution in [0.1, 0.15) is 43.6 Å². The van der Waals surface area contributed by atoms with Crippen molar-refractivity contribution in [3.05, 3.63) is 18.0 Å². The molecule has 0 aromatic carbocycles. The second kappa shape index (κ2) is 4.86. The summed E-state index contributed by atoms with van der Waals surface area (Å²) < 4.78 is 1.74. The minimum Gasteiger partial charge on any atom is -0.322 e. The van der Waals surface area contributed by atoms with Gasteiger partial charge >= 0.3 is 0 Å². The molecule has 0 N–H and O–H groups in total. The van der Waals surface area contributed by atoms with Crippen LogP contribution in [0.5, 0.6) is 0 Å². The predicted octanol–water partition coefficient (Wildman–Crippen LogP) is 0.941. The molecule has 1 aliphatic carbocycles. The van der Waals surface area contributed by atoms with Crippen molar-refractivity contribution < 1.29 is 9.59 Å². The van der Waals surface area contributed by atoms with Crippen molar-refractivity contribution in [2.24, 2.45) is 0 Å². The molecule has 0 bridgehead atoms. The number of nitrogens with zero attached hydrogens (tertiary/aromatic N) is 4. The normalized spacial score (nSPS) is 25.3. The molecule has 4 rings (SSSR count). The monoisotopic (exact) mass is 288 g/mol. The van der Waals surface area contributed by atoms with E-state index in [2.05, 4.69) is 5.10 Å². The second-order valence-corrected chi connectivity index (χ2v) is 6.29. The van der Waals surface area contributed by atoms with Gasteiger partial charge in [0.25, 0.3) is 0 Å². The number of hydrogen-bond donors (Lipinski definition) is 0. The average molecular weight is 288 g/mol. The van der Waals surface area contributed by atoms with E-state index in [1.807, 2.05) is 22.2 Å². The number of rotatable bonds is 3. The minimum absolute atomic E-state index is 0.0165. The topological polar surface area (TPSA) is 58.4 Å². The van der Waals surface area contributed by atoms with Crippen molar-refractivity contribution in [3.8, 4) is 0 Å². The van der Waals surface area contributed by atoms with Crippen LogP contribution >= 0.6 is 0 Å². The first-order valence-corrected chi connectivity index (χ1v) is 7.83. The maximum atomic E-state index is 12.5. The SMILES string of the molecule is O=C1CCN(C(=O)Cn2cc(C3CC3)cn2)C2CCCN12. The highest BCUT2D eigenvalue weighted by Gasteiger charge is 2.39. The molecule has 2 saturated heterocycles. The summed E-state index contributed by atoms with van der Waals surface area (Å²) in [7, 11) is 0. The van der Waals surface area contributed by atoms with Gasteiger partial charge in [-0.25, -0.2) is 0 Å². The van der Waals surface area contributed by atoms with E-state index in [1.54, 1.807) is 4.68 Å². The molecule has 1 aromatic heterocycles. The van der Waals surface area contributed by atoms with Gasteiger partial charge in [0.15, 0.2) is 0 Å². The number of amides is 2. The number of carbonyl (C=O) groups excluding carboxylic acids is 2. The van der Waals surface area contributed by atoms with Crippen molar-refractivity contribution in [1.29, 1.82) is 0 Å². The van der Waals surface area contributed by atoms with E-state index in [0.29, 0.717) is 18.9 Å². The highest BCUT2D eigenvalue weighted by atomic mass is 16.2. The van der Waals surface area contributed by atoms with Crippen molar-refractivity contribution >= 4 is 11.8 Å². The van der Waals surface area contributed by atoms with Crippen LogP contribution in [-0.2, 0) is 16.1 Å².